The van der Waals surface area contributed by atoms with Crippen molar-refractivity contribution >= 4 is 50.7 Å². The number of rotatable bonds is 10. The molecule has 0 spiro atoms. The first kappa shape index (κ1) is 30.3. The number of benzene rings is 2. The van der Waals surface area contributed by atoms with Crippen molar-refractivity contribution in [2.75, 3.05) is 30.3 Å². The topological polar surface area (TPSA) is 105 Å². The molecule has 2 aromatic carbocycles. The van der Waals surface area contributed by atoms with Gasteiger partial charge in [-0.05, 0) is 49.1 Å². The number of anilines is 1. The van der Waals surface area contributed by atoms with Gasteiger partial charge in [-0.15, -0.1) is 0 Å². The van der Waals surface area contributed by atoms with Crippen LogP contribution in [0.5, 0.6) is 11.5 Å². The highest BCUT2D eigenvalue weighted by Gasteiger charge is 2.33. The first-order valence-corrected chi connectivity index (χ1v) is 16.1. The van der Waals surface area contributed by atoms with Crippen LogP contribution in [0.25, 0.3) is 0 Å². The van der Waals surface area contributed by atoms with Crippen molar-refractivity contribution in [3.8, 4) is 11.5 Å². The molecule has 0 unspecified atom stereocenters. The maximum atomic E-state index is 13.9. The Hall–Kier alpha value is -2.69. The predicted molar refractivity (Wildman–Crippen MR) is 156 cm³/mol. The molecule has 1 atom stereocenters. The summed E-state index contributed by atoms with van der Waals surface area (Å²) in [7, 11) is -3.88. The van der Waals surface area contributed by atoms with Crippen LogP contribution < -0.4 is 19.1 Å². The number of carbonyl (C=O) groups excluding carboxylic acids is 2. The number of ether oxygens (including phenoxy) is 2. The highest BCUT2D eigenvalue weighted by atomic mass is 35.5. The van der Waals surface area contributed by atoms with Crippen molar-refractivity contribution in [1.82, 2.24) is 10.2 Å². The third kappa shape index (κ3) is 7.53. The molecular formula is C28H35Cl2N3O6S. The molecule has 2 amide bonds. The van der Waals surface area contributed by atoms with Crippen LogP contribution in [-0.2, 0) is 26.2 Å². The molecule has 0 bridgehead atoms. The van der Waals surface area contributed by atoms with E-state index in [-0.39, 0.29) is 24.2 Å². The van der Waals surface area contributed by atoms with E-state index in [0.717, 1.165) is 42.7 Å². The average Bonchev–Trinajstić information content (AvgIpc) is 2.93. The molecule has 1 saturated carbocycles. The van der Waals surface area contributed by atoms with E-state index in [1.165, 1.54) is 4.90 Å². The predicted octanol–water partition coefficient (Wildman–Crippen LogP) is 4.79. The number of hydrogen-bond acceptors (Lipinski definition) is 6. The van der Waals surface area contributed by atoms with E-state index in [1.807, 2.05) is 6.92 Å². The molecule has 218 valence electrons. The number of nitrogens with one attached hydrogen (secondary N) is 1. The molecule has 1 heterocycles. The zero-order valence-corrected chi connectivity index (χ0v) is 25.0. The van der Waals surface area contributed by atoms with E-state index in [4.69, 9.17) is 32.7 Å². The molecule has 1 N–H and O–H groups in total. The largest absolute Gasteiger partial charge is 0.486 e. The van der Waals surface area contributed by atoms with Crippen LogP contribution >= 0.6 is 23.2 Å². The Morgan fingerprint density at radius 3 is 2.35 bits per heavy atom. The number of amides is 2. The van der Waals surface area contributed by atoms with Crippen molar-refractivity contribution in [3.05, 3.63) is 52.0 Å². The fraction of sp³-hybridized carbons (Fsp3) is 0.500. The molecule has 0 aromatic heterocycles. The van der Waals surface area contributed by atoms with Crippen LogP contribution in [-0.4, -0.2) is 63.2 Å². The normalized spacial score (nSPS) is 16.2. The van der Waals surface area contributed by atoms with Gasteiger partial charge in [-0.3, -0.25) is 13.9 Å². The fourth-order valence-electron chi connectivity index (χ4n) is 5.10. The second-order valence-corrected chi connectivity index (χ2v) is 12.9. The van der Waals surface area contributed by atoms with Gasteiger partial charge < -0.3 is 19.7 Å². The third-order valence-electron chi connectivity index (χ3n) is 7.17. The molecule has 0 saturated heterocycles. The maximum absolute atomic E-state index is 13.9. The van der Waals surface area contributed by atoms with Gasteiger partial charge in [0.25, 0.3) is 0 Å². The number of sulfonamides is 1. The van der Waals surface area contributed by atoms with Crippen molar-refractivity contribution in [2.24, 2.45) is 0 Å². The zero-order chi connectivity index (χ0) is 28.9. The summed E-state index contributed by atoms with van der Waals surface area (Å²) >= 11 is 12.3. The molecule has 1 aliphatic heterocycles. The molecule has 4 rings (SSSR count). The zero-order valence-electron chi connectivity index (χ0n) is 22.7. The van der Waals surface area contributed by atoms with Gasteiger partial charge in [0, 0.05) is 18.7 Å². The fourth-order valence-corrected chi connectivity index (χ4v) is 6.26. The third-order valence-corrected chi connectivity index (χ3v) is 9.05. The van der Waals surface area contributed by atoms with Gasteiger partial charge in [-0.1, -0.05) is 55.5 Å². The van der Waals surface area contributed by atoms with Crippen molar-refractivity contribution in [3.63, 3.8) is 0 Å². The standard InChI is InChI=1S/C28H35Cl2N3O6S/c1-3-24(28(35)31-20-7-5-4-6-8-20)32(17-19-9-11-22(29)23(30)15-19)27(34)18-33(40(2,36)37)21-10-12-25-26(16-21)39-14-13-38-25/h9-12,15-16,20,24H,3-8,13-14,17-18H2,1-2H3,(H,31,35)/t24-/m0/s1. The first-order valence-electron chi connectivity index (χ1n) is 13.5. The quantitative estimate of drug-likeness (QED) is 0.414. The summed E-state index contributed by atoms with van der Waals surface area (Å²) in [6.07, 6.45) is 6.41. The smallest absolute Gasteiger partial charge is 0.244 e. The van der Waals surface area contributed by atoms with E-state index < -0.39 is 28.5 Å². The van der Waals surface area contributed by atoms with E-state index in [9.17, 15) is 18.0 Å². The van der Waals surface area contributed by atoms with Gasteiger partial charge >= 0.3 is 0 Å². The number of nitrogens with zero attached hydrogens (tertiary/aromatic N) is 2. The van der Waals surface area contributed by atoms with E-state index in [1.54, 1.807) is 36.4 Å². The Labute approximate surface area is 245 Å². The van der Waals surface area contributed by atoms with Crippen molar-refractivity contribution in [1.29, 1.82) is 0 Å². The van der Waals surface area contributed by atoms with Gasteiger partial charge in [0.1, 0.15) is 25.8 Å². The number of fused-ring (bicyclic) bond motifs is 1. The number of carbonyl (C=O) groups is 2. The SMILES string of the molecule is CC[C@@H](C(=O)NC1CCCCC1)N(Cc1ccc(Cl)c(Cl)c1)C(=O)CN(c1ccc2c(c1)OCCO2)S(C)(=O)=O. The van der Waals surface area contributed by atoms with E-state index in [2.05, 4.69) is 5.32 Å². The van der Waals surface area contributed by atoms with Gasteiger partial charge in [0.05, 0.1) is 22.0 Å². The second-order valence-electron chi connectivity index (χ2n) is 10.1. The lowest BCUT2D eigenvalue weighted by atomic mass is 9.95. The van der Waals surface area contributed by atoms with Gasteiger partial charge in [0.2, 0.25) is 21.8 Å². The molecule has 1 fully saturated rings. The lowest BCUT2D eigenvalue weighted by Crippen LogP contribution is -2.53. The number of hydrogen-bond donors (Lipinski definition) is 1. The summed E-state index contributed by atoms with van der Waals surface area (Å²) in [5.74, 6) is 0.113. The Morgan fingerprint density at radius 1 is 1.00 bits per heavy atom. The molecule has 12 heteroatoms. The minimum atomic E-state index is -3.88. The summed E-state index contributed by atoms with van der Waals surface area (Å²) in [6, 6.07) is 8.97. The summed E-state index contributed by atoms with van der Waals surface area (Å²) in [5, 5.41) is 3.81. The molecule has 0 radical (unpaired) electrons. The summed E-state index contributed by atoms with van der Waals surface area (Å²) in [6.45, 7) is 2.10. The summed E-state index contributed by atoms with van der Waals surface area (Å²) < 4.78 is 38.0. The lowest BCUT2D eigenvalue weighted by molar-refractivity contribution is -0.140. The highest BCUT2D eigenvalue weighted by molar-refractivity contribution is 7.92. The molecule has 1 aliphatic carbocycles. The van der Waals surface area contributed by atoms with Gasteiger partial charge in [0.15, 0.2) is 11.5 Å². The van der Waals surface area contributed by atoms with Crippen LogP contribution in [0.2, 0.25) is 10.0 Å². The van der Waals surface area contributed by atoms with Crippen LogP contribution in [0.1, 0.15) is 51.0 Å². The molecular weight excluding hydrogens is 577 g/mol. The van der Waals surface area contributed by atoms with Crippen LogP contribution in [0.15, 0.2) is 36.4 Å². The van der Waals surface area contributed by atoms with Crippen LogP contribution in [0.3, 0.4) is 0 Å². The van der Waals surface area contributed by atoms with Crippen LogP contribution in [0.4, 0.5) is 5.69 Å². The second kappa shape index (κ2) is 13.3. The molecule has 2 aliphatic rings. The number of halogens is 2. The minimum absolute atomic E-state index is 0.0467. The van der Waals surface area contributed by atoms with Crippen LogP contribution in [0, 0.1) is 0 Å². The summed E-state index contributed by atoms with van der Waals surface area (Å²) in [4.78, 5) is 28.9. The van der Waals surface area contributed by atoms with Gasteiger partial charge in [-0.25, -0.2) is 8.42 Å². The minimum Gasteiger partial charge on any atom is -0.486 e. The molecule has 9 nitrogen and oxygen atoms in total. The Bertz CT molecular complexity index is 1330. The Morgan fingerprint density at radius 2 is 1.70 bits per heavy atom. The molecule has 2 aromatic rings. The molecule has 40 heavy (non-hydrogen) atoms. The van der Waals surface area contributed by atoms with E-state index >= 15 is 0 Å². The van der Waals surface area contributed by atoms with Crippen molar-refractivity contribution in [2.45, 2.75) is 64.1 Å². The summed E-state index contributed by atoms with van der Waals surface area (Å²) in [5.41, 5.74) is 0.922. The monoisotopic (exact) mass is 611 g/mol. The Kier molecular flexibility index (Phi) is 10.1. The average molecular weight is 613 g/mol. The van der Waals surface area contributed by atoms with Crippen molar-refractivity contribution < 1.29 is 27.5 Å². The Balaban J connectivity index is 1.64. The highest BCUT2D eigenvalue weighted by Crippen LogP contribution is 2.35. The van der Waals surface area contributed by atoms with E-state index in [0.29, 0.717) is 46.7 Å². The maximum Gasteiger partial charge on any atom is 0.244 e. The van der Waals surface area contributed by atoms with Gasteiger partial charge in [-0.2, -0.15) is 0 Å². The lowest BCUT2D eigenvalue weighted by Gasteiger charge is -2.34. The first-order chi connectivity index (χ1) is 19.1.